The van der Waals surface area contributed by atoms with E-state index in [4.69, 9.17) is 11.6 Å². The van der Waals surface area contributed by atoms with Gasteiger partial charge >= 0.3 is 0 Å². The molecule has 0 unspecified atom stereocenters. The van der Waals surface area contributed by atoms with Crippen LogP contribution in [-0.2, 0) is 11.3 Å². The van der Waals surface area contributed by atoms with E-state index in [1.165, 1.54) is 6.08 Å². The number of rotatable bonds is 8. The number of anilines is 1. The van der Waals surface area contributed by atoms with Gasteiger partial charge in [-0.2, -0.15) is 5.10 Å². The molecular formula is C21H25ClN4O2. The summed E-state index contributed by atoms with van der Waals surface area (Å²) >= 11 is 6.38. The summed E-state index contributed by atoms with van der Waals surface area (Å²) < 4.78 is 1.76. The summed E-state index contributed by atoms with van der Waals surface area (Å²) in [5, 5.41) is 10.7. The van der Waals surface area contributed by atoms with Crippen molar-refractivity contribution in [1.82, 2.24) is 15.1 Å². The fourth-order valence-corrected chi connectivity index (χ4v) is 3.11. The predicted octanol–water partition coefficient (Wildman–Crippen LogP) is 4.19. The molecule has 1 aliphatic rings. The molecule has 0 saturated heterocycles. The first-order valence-electron chi connectivity index (χ1n) is 9.61. The maximum absolute atomic E-state index is 12.3. The van der Waals surface area contributed by atoms with Gasteiger partial charge in [-0.25, -0.2) is 0 Å². The fraction of sp³-hybridized carbons (Fsp3) is 0.381. The summed E-state index contributed by atoms with van der Waals surface area (Å²) in [6.07, 6.45) is 7.22. The van der Waals surface area contributed by atoms with Crippen LogP contribution in [0.2, 0.25) is 5.15 Å². The van der Waals surface area contributed by atoms with E-state index in [1.807, 2.05) is 6.92 Å². The molecule has 1 aliphatic carbocycles. The molecule has 0 spiro atoms. The van der Waals surface area contributed by atoms with Crippen LogP contribution < -0.4 is 10.6 Å². The Kier molecular flexibility index (Phi) is 6.52. The van der Waals surface area contributed by atoms with Gasteiger partial charge in [0.1, 0.15) is 5.15 Å². The Balaban J connectivity index is 1.64. The maximum atomic E-state index is 12.3. The van der Waals surface area contributed by atoms with Crippen LogP contribution in [0, 0.1) is 6.92 Å². The van der Waals surface area contributed by atoms with Crippen molar-refractivity contribution < 1.29 is 9.59 Å². The third-order valence-corrected chi connectivity index (χ3v) is 4.94. The van der Waals surface area contributed by atoms with E-state index in [0.29, 0.717) is 22.4 Å². The minimum Gasteiger partial charge on any atom is -0.349 e. The molecule has 0 aliphatic heterocycles. The lowest BCUT2D eigenvalue weighted by atomic mass is 10.2. The van der Waals surface area contributed by atoms with Gasteiger partial charge in [-0.1, -0.05) is 31.0 Å². The van der Waals surface area contributed by atoms with Gasteiger partial charge in [0.05, 0.1) is 5.69 Å². The number of halogens is 1. The molecule has 3 rings (SSSR count). The summed E-state index contributed by atoms with van der Waals surface area (Å²) in [6, 6.07) is 7.20. The van der Waals surface area contributed by atoms with E-state index in [9.17, 15) is 9.59 Å². The third kappa shape index (κ3) is 5.23. The zero-order valence-corrected chi connectivity index (χ0v) is 16.9. The molecule has 1 saturated carbocycles. The van der Waals surface area contributed by atoms with Gasteiger partial charge in [-0.3, -0.25) is 14.3 Å². The van der Waals surface area contributed by atoms with Crippen LogP contribution in [0.15, 0.2) is 30.3 Å². The van der Waals surface area contributed by atoms with Crippen molar-refractivity contribution in [2.45, 2.75) is 52.1 Å². The Labute approximate surface area is 170 Å². The van der Waals surface area contributed by atoms with Crippen LogP contribution in [0.25, 0.3) is 6.08 Å². The van der Waals surface area contributed by atoms with Crippen molar-refractivity contribution in [2.75, 3.05) is 5.32 Å². The van der Waals surface area contributed by atoms with Gasteiger partial charge < -0.3 is 10.6 Å². The lowest BCUT2D eigenvalue weighted by molar-refractivity contribution is -0.111. The third-order valence-electron chi connectivity index (χ3n) is 4.54. The molecule has 0 radical (unpaired) electrons. The first-order valence-corrected chi connectivity index (χ1v) is 9.98. The number of hydrogen-bond acceptors (Lipinski definition) is 3. The summed E-state index contributed by atoms with van der Waals surface area (Å²) in [5.74, 6) is -0.410. The predicted molar refractivity (Wildman–Crippen MR) is 111 cm³/mol. The normalized spacial score (nSPS) is 13.7. The monoisotopic (exact) mass is 400 g/mol. The number of unbranched alkanes of at least 4 members (excludes halogenated alkanes) is 1. The van der Waals surface area contributed by atoms with Crippen LogP contribution in [0.5, 0.6) is 0 Å². The van der Waals surface area contributed by atoms with Crippen LogP contribution >= 0.6 is 11.6 Å². The maximum Gasteiger partial charge on any atom is 0.251 e. The zero-order valence-electron chi connectivity index (χ0n) is 16.2. The second-order valence-corrected chi connectivity index (χ2v) is 7.38. The minimum absolute atomic E-state index is 0.115. The van der Waals surface area contributed by atoms with Crippen LogP contribution in [0.1, 0.15) is 54.2 Å². The number of aromatic nitrogens is 2. The first kappa shape index (κ1) is 20.1. The average molecular weight is 401 g/mol. The van der Waals surface area contributed by atoms with E-state index >= 15 is 0 Å². The summed E-state index contributed by atoms with van der Waals surface area (Å²) in [5.41, 5.74) is 2.62. The van der Waals surface area contributed by atoms with E-state index in [0.717, 1.165) is 43.5 Å². The van der Waals surface area contributed by atoms with Crippen molar-refractivity contribution in [3.63, 3.8) is 0 Å². The van der Waals surface area contributed by atoms with Gasteiger partial charge in [0.25, 0.3) is 5.91 Å². The van der Waals surface area contributed by atoms with E-state index in [1.54, 1.807) is 35.0 Å². The molecule has 28 heavy (non-hydrogen) atoms. The second-order valence-electron chi connectivity index (χ2n) is 7.02. The molecule has 2 amide bonds. The molecule has 7 heteroatoms. The highest BCUT2D eigenvalue weighted by Gasteiger charge is 2.23. The average Bonchev–Trinajstić information content (AvgIpc) is 3.44. The van der Waals surface area contributed by atoms with Gasteiger partial charge in [0.2, 0.25) is 5.91 Å². The number of aryl methyl sites for hydroxylation is 2. The lowest BCUT2D eigenvalue weighted by Gasteiger charge is -2.06. The molecule has 0 bridgehead atoms. The van der Waals surface area contributed by atoms with Crippen molar-refractivity contribution >= 4 is 35.2 Å². The number of benzene rings is 1. The van der Waals surface area contributed by atoms with Gasteiger partial charge in [0.15, 0.2) is 0 Å². The van der Waals surface area contributed by atoms with Gasteiger partial charge in [0, 0.05) is 35.5 Å². The Morgan fingerprint density at radius 3 is 2.86 bits per heavy atom. The standard InChI is InChI=1S/C21H25ClN4O2/c1-3-4-12-26-20(22)18(14(2)25-26)10-11-19(27)23-17-7-5-6-15(13-17)21(28)24-16-8-9-16/h5-7,10-11,13,16H,3-4,8-9,12H2,1-2H3,(H,23,27)(H,24,28)/b11-10+. The summed E-state index contributed by atoms with van der Waals surface area (Å²) in [7, 11) is 0. The molecule has 0 atom stereocenters. The van der Waals surface area contributed by atoms with E-state index < -0.39 is 0 Å². The van der Waals surface area contributed by atoms with Crippen molar-refractivity contribution in [3.8, 4) is 0 Å². The molecule has 1 aromatic heterocycles. The summed E-state index contributed by atoms with van der Waals surface area (Å²) in [6.45, 7) is 4.74. The number of carbonyl (C=O) groups excluding carboxylic acids is 2. The molecule has 2 aromatic rings. The Morgan fingerprint density at radius 2 is 2.14 bits per heavy atom. The quantitative estimate of drug-likeness (QED) is 0.652. The van der Waals surface area contributed by atoms with Crippen LogP contribution in [-0.4, -0.2) is 27.6 Å². The van der Waals surface area contributed by atoms with Gasteiger partial charge in [-0.05, 0) is 50.5 Å². The molecule has 1 aromatic carbocycles. The number of amides is 2. The Morgan fingerprint density at radius 1 is 1.36 bits per heavy atom. The highest BCUT2D eigenvalue weighted by Crippen LogP contribution is 2.22. The molecule has 148 valence electrons. The number of nitrogens with one attached hydrogen (secondary N) is 2. The van der Waals surface area contributed by atoms with Crippen molar-refractivity contribution in [1.29, 1.82) is 0 Å². The van der Waals surface area contributed by atoms with Crippen LogP contribution in [0.4, 0.5) is 5.69 Å². The molecule has 6 nitrogen and oxygen atoms in total. The fourth-order valence-electron chi connectivity index (χ4n) is 2.79. The molecule has 1 heterocycles. The van der Waals surface area contributed by atoms with Crippen LogP contribution in [0.3, 0.4) is 0 Å². The SMILES string of the molecule is CCCCn1nc(C)c(/C=C/C(=O)Nc2cccc(C(=O)NC3CC3)c2)c1Cl. The molecular weight excluding hydrogens is 376 g/mol. The topological polar surface area (TPSA) is 76.0 Å². The number of carbonyl (C=O) groups is 2. The zero-order chi connectivity index (χ0) is 20.1. The Hall–Kier alpha value is -2.60. The molecule has 1 fully saturated rings. The van der Waals surface area contributed by atoms with Gasteiger partial charge in [-0.15, -0.1) is 0 Å². The largest absolute Gasteiger partial charge is 0.349 e. The number of hydrogen-bond donors (Lipinski definition) is 2. The van der Waals surface area contributed by atoms with E-state index in [-0.39, 0.29) is 11.8 Å². The number of nitrogens with zero attached hydrogens (tertiary/aromatic N) is 2. The first-order chi connectivity index (χ1) is 13.5. The minimum atomic E-state index is -0.295. The van der Waals surface area contributed by atoms with E-state index in [2.05, 4.69) is 22.7 Å². The lowest BCUT2D eigenvalue weighted by Crippen LogP contribution is -2.25. The van der Waals surface area contributed by atoms with Crippen molar-refractivity contribution in [3.05, 3.63) is 52.3 Å². The molecule has 2 N–H and O–H groups in total. The summed E-state index contributed by atoms with van der Waals surface area (Å²) in [4.78, 5) is 24.4. The smallest absolute Gasteiger partial charge is 0.251 e. The highest BCUT2D eigenvalue weighted by molar-refractivity contribution is 6.31. The Bertz CT molecular complexity index is 900. The second kappa shape index (κ2) is 9.06. The van der Waals surface area contributed by atoms with Crippen molar-refractivity contribution in [2.24, 2.45) is 0 Å². The highest BCUT2D eigenvalue weighted by atomic mass is 35.5.